The number of unbranched alkanes of at least 4 members (excludes halogenated alkanes) is 1. The molecule has 0 aliphatic rings. The zero-order valence-corrected chi connectivity index (χ0v) is 13.7. The van der Waals surface area contributed by atoms with Crippen molar-refractivity contribution in [3.8, 4) is 0 Å². The Morgan fingerprint density at radius 1 is 1.00 bits per heavy atom. The molecule has 0 heterocycles. The molecule has 3 heteroatoms. The molecule has 0 fully saturated rings. The van der Waals surface area contributed by atoms with Crippen LogP contribution in [0.25, 0.3) is 0 Å². The summed E-state index contributed by atoms with van der Waals surface area (Å²) in [4.78, 5) is 0. The van der Waals surface area contributed by atoms with E-state index in [-0.39, 0.29) is 0 Å². The summed E-state index contributed by atoms with van der Waals surface area (Å²) >= 11 is 0. The van der Waals surface area contributed by atoms with Crippen LogP contribution in [0.2, 0.25) is 12.1 Å². The van der Waals surface area contributed by atoms with Gasteiger partial charge in [-0.2, -0.15) is 0 Å². The van der Waals surface area contributed by atoms with Gasteiger partial charge in [0, 0.05) is 12.7 Å². The molecule has 0 aromatic heterocycles. The molecule has 0 N–H and O–H groups in total. The summed E-state index contributed by atoms with van der Waals surface area (Å²) in [5.41, 5.74) is 0. The van der Waals surface area contributed by atoms with Crippen LogP contribution in [0.3, 0.4) is 0 Å². The van der Waals surface area contributed by atoms with Gasteiger partial charge in [-0.1, -0.05) is 47.5 Å². The summed E-state index contributed by atoms with van der Waals surface area (Å²) in [6.07, 6.45) is 3.84. The van der Waals surface area contributed by atoms with Crippen LogP contribution >= 0.6 is 0 Å². The molecular weight excluding hydrogens is 228 g/mol. The molecule has 0 radical (unpaired) electrons. The minimum Gasteiger partial charge on any atom is -0.394 e. The Hall–Kier alpha value is 0.137. The van der Waals surface area contributed by atoms with Gasteiger partial charge >= 0.3 is 8.56 Å². The Morgan fingerprint density at radius 2 is 1.59 bits per heavy atom. The van der Waals surface area contributed by atoms with E-state index in [2.05, 4.69) is 41.5 Å². The molecular formula is C14H32O2Si. The predicted octanol–water partition coefficient (Wildman–Crippen LogP) is 4.74. The molecule has 0 aliphatic carbocycles. The van der Waals surface area contributed by atoms with Crippen molar-refractivity contribution in [3.05, 3.63) is 0 Å². The monoisotopic (exact) mass is 260 g/mol. The van der Waals surface area contributed by atoms with Crippen molar-refractivity contribution in [3.63, 3.8) is 0 Å². The highest BCUT2D eigenvalue weighted by Crippen LogP contribution is 2.24. The average molecular weight is 260 g/mol. The normalized spacial score (nSPS) is 15.9. The first kappa shape index (κ1) is 17.1. The number of hydrogen-bond acceptors (Lipinski definition) is 2. The van der Waals surface area contributed by atoms with Crippen LogP contribution in [0.1, 0.15) is 60.8 Å². The van der Waals surface area contributed by atoms with Crippen LogP contribution in [0.5, 0.6) is 0 Å². The van der Waals surface area contributed by atoms with Gasteiger partial charge < -0.3 is 8.85 Å². The highest BCUT2D eigenvalue weighted by Gasteiger charge is 2.36. The van der Waals surface area contributed by atoms with Crippen molar-refractivity contribution in [2.24, 2.45) is 5.92 Å². The SMILES string of the molecule is CCCCO[Si](CC)(CC)OC(C)C(C)CC. The molecule has 0 saturated heterocycles. The Kier molecular flexibility index (Phi) is 9.19. The summed E-state index contributed by atoms with van der Waals surface area (Å²) in [5.74, 6) is 0.620. The molecule has 2 atom stereocenters. The molecule has 0 amide bonds. The zero-order chi connectivity index (χ0) is 13.3. The Bertz CT molecular complexity index is 181. The van der Waals surface area contributed by atoms with Gasteiger partial charge in [0.15, 0.2) is 0 Å². The lowest BCUT2D eigenvalue weighted by Gasteiger charge is -2.34. The second-order valence-electron chi connectivity index (χ2n) is 5.03. The molecule has 0 saturated carbocycles. The first-order chi connectivity index (χ1) is 8.05. The molecule has 2 nitrogen and oxygen atoms in total. The van der Waals surface area contributed by atoms with Gasteiger partial charge in [0.05, 0.1) is 0 Å². The second kappa shape index (κ2) is 9.12. The first-order valence-corrected chi connectivity index (χ1v) is 9.60. The third-order valence-corrected chi connectivity index (χ3v) is 7.47. The van der Waals surface area contributed by atoms with Crippen molar-refractivity contribution < 1.29 is 8.85 Å². The van der Waals surface area contributed by atoms with Gasteiger partial charge in [-0.3, -0.25) is 0 Å². The highest BCUT2D eigenvalue weighted by atomic mass is 28.4. The van der Waals surface area contributed by atoms with E-state index in [1.165, 1.54) is 12.8 Å². The average Bonchev–Trinajstić information content (AvgIpc) is 2.36. The standard InChI is InChI=1S/C14H32O2Si/c1-7-11-12-15-17(9-3,10-4)16-14(6)13(5)8-2/h13-14H,7-12H2,1-6H3. The third kappa shape index (κ3) is 6.02. The first-order valence-electron chi connectivity index (χ1n) is 7.36. The summed E-state index contributed by atoms with van der Waals surface area (Å²) in [6.45, 7) is 14.2. The lowest BCUT2D eigenvalue weighted by atomic mass is 10.0. The van der Waals surface area contributed by atoms with E-state index < -0.39 is 8.56 Å². The number of rotatable bonds is 10. The van der Waals surface area contributed by atoms with Crippen LogP contribution in [-0.4, -0.2) is 21.3 Å². The fourth-order valence-corrected chi connectivity index (χ4v) is 4.58. The second-order valence-corrected chi connectivity index (χ2v) is 8.79. The van der Waals surface area contributed by atoms with E-state index in [9.17, 15) is 0 Å². The van der Waals surface area contributed by atoms with Crippen molar-refractivity contribution in [1.82, 2.24) is 0 Å². The minimum atomic E-state index is -1.92. The maximum atomic E-state index is 6.35. The Labute approximate surface area is 109 Å². The molecule has 0 rings (SSSR count). The Balaban J connectivity index is 4.37. The molecule has 104 valence electrons. The van der Waals surface area contributed by atoms with E-state index in [0.29, 0.717) is 12.0 Å². The molecule has 0 bridgehead atoms. The Morgan fingerprint density at radius 3 is 2.00 bits per heavy atom. The fraction of sp³-hybridized carbons (Fsp3) is 1.00. The third-order valence-electron chi connectivity index (χ3n) is 3.79. The molecule has 0 aromatic rings. The fourth-order valence-electron chi connectivity index (χ4n) is 1.84. The van der Waals surface area contributed by atoms with Crippen molar-refractivity contribution in [1.29, 1.82) is 0 Å². The topological polar surface area (TPSA) is 18.5 Å². The van der Waals surface area contributed by atoms with Gasteiger partial charge in [-0.05, 0) is 31.4 Å². The number of hydrogen-bond donors (Lipinski definition) is 0. The van der Waals surface area contributed by atoms with E-state index in [1.807, 2.05) is 0 Å². The molecule has 2 unspecified atom stereocenters. The summed E-state index contributed by atoms with van der Waals surface area (Å²) in [5, 5.41) is 0. The van der Waals surface area contributed by atoms with Crippen molar-refractivity contribution in [2.75, 3.05) is 6.61 Å². The lowest BCUT2D eigenvalue weighted by Crippen LogP contribution is -2.45. The maximum absolute atomic E-state index is 6.35. The summed E-state index contributed by atoms with van der Waals surface area (Å²) in [7, 11) is -1.92. The smallest absolute Gasteiger partial charge is 0.337 e. The van der Waals surface area contributed by atoms with E-state index in [1.54, 1.807) is 0 Å². The zero-order valence-electron chi connectivity index (χ0n) is 12.7. The minimum absolute atomic E-state index is 0.327. The molecule has 17 heavy (non-hydrogen) atoms. The molecule has 0 spiro atoms. The van der Waals surface area contributed by atoms with Crippen molar-refractivity contribution in [2.45, 2.75) is 79.0 Å². The van der Waals surface area contributed by atoms with Crippen LogP contribution in [0.15, 0.2) is 0 Å². The van der Waals surface area contributed by atoms with E-state index >= 15 is 0 Å². The van der Waals surface area contributed by atoms with E-state index in [0.717, 1.165) is 25.1 Å². The summed E-state index contributed by atoms with van der Waals surface area (Å²) < 4.78 is 12.5. The van der Waals surface area contributed by atoms with Crippen LogP contribution in [-0.2, 0) is 8.85 Å². The van der Waals surface area contributed by atoms with Gasteiger partial charge in [0.25, 0.3) is 0 Å². The quantitative estimate of drug-likeness (QED) is 0.417. The van der Waals surface area contributed by atoms with Gasteiger partial charge in [0.1, 0.15) is 0 Å². The van der Waals surface area contributed by atoms with Gasteiger partial charge in [-0.15, -0.1) is 0 Å². The van der Waals surface area contributed by atoms with Crippen LogP contribution in [0.4, 0.5) is 0 Å². The van der Waals surface area contributed by atoms with Gasteiger partial charge in [0.2, 0.25) is 0 Å². The van der Waals surface area contributed by atoms with E-state index in [4.69, 9.17) is 8.85 Å². The summed E-state index contributed by atoms with van der Waals surface area (Å²) in [6, 6.07) is 2.13. The van der Waals surface area contributed by atoms with Gasteiger partial charge in [-0.25, -0.2) is 0 Å². The maximum Gasteiger partial charge on any atom is 0.337 e. The largest absolute Gasteiger partial charge is 0.394 e. The van der Waals surface area contributed by atoms with Crippen LogP contribution in [0, 0.1) is 5.92 Å². The van der Waals surface area contributed by atoms with Crippen molar-refractivity contribution >= 4 is 8.56 Å². The van der Waals surface area contributed by atoms with Crippen LogP contribution < -0.4 is 0 Å². The molecule has 0 aliphatic heterocycles. The highest BCUT2D eigenvalue weighted by molar-refractivity contribution is 6.67. The predicted molar refractivity (Wildman–Crippen MR) is 77.6 cm³/mol. The lowest BCUT2D eigenvalue weighted by molar-refractivity contribution is 0.0872. The molecule has 0 aromatic carbocycles.